The molecule has 0 aliphatic carbocycles. The molecule has 3 aromatic heterocycles. The molecule has 11 rings (SSSR count). The van der Waals surface area contributed by atoms with Gasteiger partial charge in [-0.05, 0) is 75.1 Å². The van der Waals surface area contributed by atoms with Crippen molar-refractivity contribution in [2.75, 3.05) is 0 Å². The minimum atomic E-state index is 0.617. The van der Waals surface area contributed by atoms with Crippen LogP contribution in [0.25, 0.3) is 109 Å². The first-order chi connectivity index (χ1) is 25.7. The van der Waals surface area contributed by atoms with Crippen molar-refractivity contribution < 1.29 is 4.42 Å². The number of para-hydroxylation sites is 1. The number of thiophene rings is 1. The quantitative estimate of drug-likeness (QED) is 0.174. The number of rotatable bonds is 4. The molecular weight excluding hydrogens is 655 g/mol. The van der Waals surface area contributed by atoms with Crippen LogP contribution in [0.2, 0.25) is 0 Å². The van der Waals surface area contributed by atoms with Crippen LogP contribution in [0.15, 0.2) is 168 Å². The maximum Gasteiger partial charge on any atom is 0.165 e. The molecule has 0 radical (unpaired) electrons. The summed E-state index contributed by atoms with van der Waals surface area (Å²) < 4.78 is 8.58. The lowest BCUT2D eigenvalue weighted by Crippen LogP contribution is -2.00. The fourth-order valence-corrected chi connectivity index (χ4v) is 8.88. The average molecular weight is 682 g/mol. The summed E-state index contributed by atoms with van der Waals surface area (Å²) in [6.45, 7) is 0. The maximum absolute atomic E-state index is 6.17. The average Bonchev–Trinajstić information content (AvgIpc) is 3.79. The summed E-state index contributed by atoms with van der Waals surface area (Å²) in [5, 5.41) is 9.47. The van der Waals surface area contributed by atoms with Crippen LogP contribution in [0.5, 0.6) is 0 Å². The molecule has 11 aromatic rings. The van der Waals surface area contributed by atoms with Crippen molar-refractivity contribution in [2.45, 2.75) is 0 Å². The van der Waals surface area contributed by atoms with E-state index in [2.05, 4.69) is 133 Å². The SMILES string of the molecule is c1cc(-c2nc(-c3ccc4oc5ccccc5c4c3)nc(-c3cccc4c3sc3ccccc34)n2)cc(-c2cccc3ccc4ccccc4c23)c1. The molecule has 3 heterocycles. The summed E-state index contributed by atoms with van der Waals surface area (Å²) in [6.07, 6.45) is 0. The van der Waals surface area contributed by atoms with Gasteiger partial charge < -0.3 is 4.42 Å². The Hall–Kier alpha value is -6.69. The molecule has 0 N–H and O–H groups in total. The highest BCUT2D eigenvalue weighted by Gasteiger charge is 2.18. The smallest absolute Gasteiger partial charge is 0.165 e. The molecule has 8 aromatic carbocycles. The second kappa shape index (κ2) is 11.4. The normalized spacial score (nSPS) is 11.8. The highest BCUT2D eigenvalue weighted by Crippen LogP contribution is 2.41. The van der Waals surface area contributed by atoms with Crippen LogP contribution >= 0.6 is 11.3 Å². The summed E-state index contributed by atoms with van der Waals surface area (Å²) in [4.78, 5) is 15.6. The van der Waals surface area contributed by atoms with Gasteiger partial charge in [0.15, 0.2) is 17.5 Å². The zero-order valence-electron chi connectivity index (χ0n) is 27.7. The van der Waals surface area contributed by atoms with Gasteiger partial charge in [-0.15, -0.1) is 11.3 Å². The van der Waals surface area contributed by atoms with Crippen LogP contribution in [0, 0.1) is 0 Å². The van der Waals surface area contributed by atoms with E-state index in [1.165, 1.54) is 47.3 Å². The van der Waals surface area contributed by atoms with Crippen molar-refractivity contribution in [3.63, 3.8) is 0 Å². The number of hydrogen-bond acceptors (Lipinski definition) is 5. The molecule has 5 heteroatoms. The predicted octanol–water partition coefficient (Wildman–Crippen LogP) is 13.1. The van der Waals surface area contributed by atoms with Gasteiger partial charge in [-0.25, -0.2) is 15.0 Å². The van der Waals surface area contributed by atoms with E-state index in [1.807, 2.05) is 30.3 Å². The van der Waals surface area contributed by atoms with Gasteiger partial charge in [0.05, 0.1) is 0 Å². The van der Waals surface area contributed by atoms with Gasteiger partial charge in [-0.3, -0.25) is 0 Å². The topological polar surface area (TPSA) is 51.8 Å². The van der Waals surface area contributed by atoms with Gasteiger partial charge in [-0.2, -0.15) is 0 Å². The molecule has 242 valence electrons. The molecule has 0 aliphatic heterocycles. The lowest BCUT2D eigenvalue weighted by atomic mass is 9.93. The van der Waals surface area contributed by atoms with E-state index in [9.17, 15) is 0 Å². The first kappa shape index (κ1) is 29.1. The summed E-state index contributed by atoms with van der Waals surface area (Å²) >= 11 is 1.78. The van der Waals surface area contributed by atoms with Crippen LogP contribution in [-0.2, 0) is 0 Å². The third-order valence-corrected chi connectivity index (χ3v) is 11.3. The van der Waals surface area contributed by atoms with Crippen molar-refractivity contribution in [2.24, 2.45) is 0 Å². The fourth-order valence-electron chi connectivity index (χ4n) is 7.67. The zero-order chi connectivity index (χ0) is 34.2. The molecule has 0 atom stereocenters. The van der Waals surface area contributed by atoms with Crippen LogP contribution in [0.4, 0.5) is 0 Å². The number of fused-ring (bicyclic) bond motifs is 9. The first-order valence-corrected chi connectivity index (χ1v) is 18.2. The van der Waals surface area contributed by atoms with E-state index in [0.717, 1.165) is 44.2 Å². The van der Waals surface area contributed by atoms with Gasteiger partial charge in [-0.1, -0.05) is 121 Å². The third-order valence-electron chi connectivity index (χ3n) is 10.1. The Balaban J connectivity index is 1.14. The Labute approximate surface area is 302 Å². The third kappa shape index (κ3) is 4.57. The second-order valence-corrected chi connectivity index (χ2v) is 14.2. The second-order valence-electron chi connectivity index (χ2n) is 13.2. The van der Waals surface area contributed by atoms with E-state index < -0.39 is 0 Å². The molecule has 0 unspecified atom stereocenters. The zero-order valence-corrected chi connectivity index (χ0v) is 28.6. The largest absolute Gasteiger partial charge is 0.456 e. The number of aromatic nitrogens is 3. The highest BCUT2D eigenvalue weighted by molar-refractivity contribution is 7.26. The molecule has 52 heavy (non-hydrogen) atoms. The van der Waals surface area contributed by atoms with Gasteiger partial charge in [0.2, 0.25) is 0 Å². The summed E-state index contributed by atoms with van der Waals surface area (Å²) in [6, 6.07) is 57.5. The van der Waals surface area contributed by atoms with Crippen molar-refractivity contribution in [3.8, 4) is 45.3 Å². The Kier molecular flexibility index (Phi) is 6.39. The van der Waals surface area contributed by atoms with E-state index in [4.69, 9.17) is 19.4 Å². The first-order valence-electron chi connectivity index (χ1n) is 17.3. The van der Waals surface area contributed by atoms with Crippen molar-refractivity contribution >= 4 is 75.0 Å². The van der Waals surface area contributed by atoms with Crippen molar-refractivity contribution in [1.29, 1.82) is 0 Å². The van der Waals surface area contributed by atoms with Crippen LogP contribution < -0.4 is 0 Å². The monoisotopic (exact) mass is 681 g/mol. The van der Waals surface area contributed by atoms with Crippen molar-refractivity contribution in [1.82, 2.24) is 15.0 Å². The van der Waals surface area contributed by atoms with E-state index in [0.29, 0.717) is 17.5 Å². The molecule has 4 nitrogen and oxygen atoms in total. The Morgan fingerprint density at radius 1 is 0.385 bits per heavy atom. The summed E-state index contributed by atoms with van der Waals surface area (Å²) in [5.74, 6) is 1.89. The molecule has 0 amide bonds. The predicted molar refractivity (Wildman–Crippen MR) is 217 cm³/mol. The lowest BCUT2D eigenvalue weighted by Gasteiger charge is -2.12. The molecule has 0 saturated heterocycles. The minimum Gasteiger partial charge on any atom is -0.456 e. The van der Waals surface area contributed by atoms with Gasteiger partial charge >= 0.3 is 0 Å². The Morgan fingerprint density at radius 2 is 1.02 bits per heavy atom. The van der Waals surface area contributed by atoms with E-state index >= 15 is 0 Å². The van der Waals surface area contributed by atoms with Crippen LogP contribution in [-0.4, -0.2) is 15.0 Å². The highest BCUT2D eigenvalue weighted by atomic mass is 32.1. The number of hydrogen-bond donors (Lipinski definition) is 0. The Bertz CT molecular complexity index is 3210. The van der Waals surface area contributed by atoms with Crippen molar-refractivity contribution in [3.05, 3.63) is 164 Å². The standard InChI is InChI=1S/C47H27N3OS/c1-2-14-33-28(10-1)22-23-29-11-8-17-34(43(29)33)30-12-7-13-31(26-30)45-48-46(32-24-25-41-39(27-32)35-15-3-5-20-40(35)51-41)50-47(49-45)38-19-9-18-37-36-16-4-6-21-42(36)52-44(37)38/h1-27H. The summed E-state index contributed by atoms with van der Waals surface area (Å²) in [5.41, 5.74) is 6.82. The van der Waals surface area contributed by atoms with Crippen LogP contribution in [0.1, 0.15) is 0 Å². The number of furan rings is 1. The Morgan fingerprint density at radius 3 is 1.94 bits per heavy atom. The lowest BCUT2D eigenvalue weighted by molar-refractivity contribution is 0.669. The van der Waals surface area contributed by atoms with Gasteiger partial charge in [0, 0.05) is 47.6 Å². The molecule has 0 bridgehead atoms. The molecule has 0 spiro atoms. The summed E-state index contributed by atoms with van der Waals surface area (Å²) in [7, 11) is 0. The number of nitrogens with zero attached hydrogens (tertiary/aromatic N) is 3. The minimum absolute atomic E-state index is 0.617. The molecular formula is C47H27N3OS. The van der Waals surface area contributed by atoms with Crippen LogP contribution in [0.3, 0.4) is 0 Å². The maximum atomic E-state index is 6.17. The number of benzene rings is 8. The van der Waals surface area contributed by atoms with Gasteiger partial charge in [0.25, 0.3) is 0 Å². The fraction of sp³-hybridized carbons (Fsp3) is 0. The molecule has 0 aliphatic rings. The van der Waals surface area contributed by atoms with E-state index in [1.54, 1.807) is 11.3 Å². The molecule has 0 fully saturated rings. The van der Waals surface area contributed by atoms with E-state index in [-0.39, 0.29) is 0 Å². The molecule has 0 saturated carbocycles. The van der Waals surface area contributed by atoms with Gasteiger partial charge in [0.1, 0.15) is 11.2 Å².